The molecule has 2 aromatic rings. The largest absolute Gasteiger partial charge is 0.342 e. The fourth-order valence-electron chi connectivity index (χ4n) is 2.40. The number of amides is 1. The second-order valence-corrected chi connectivity index (χ2v) is 6.25. The highest BCUT2D eigenvalue weighted by Crippen LogP contribution is 2.19. The Hall–Kier alpha value is -1.36. The van der Waals surface area contributed by atoms with Crippen molar-refractivity contribution in [1.82, 2.24) is 9.88 Å². The normalized spacial score (nSPS) is 11.6. The highest BCUT2D eigenvalue weighted by Gasteiger charge is 2.17. The molecule has 0 radical (unpaired) electrons. The smallest absolute Gasteiger partial charge is 0.255 e. The number of nitrogens with two attached hydrogens (primary N) is 1. The van der Waals surface area contributed by atoms with Crippen LogP contribution in [0.1, 0.15) is 36.3 Å². The summed E-state index contributed by atoms with van der Waals surface area (Å²) in [6.07, 6.45) is 0.803. The number of hydrogen-bond acceptors (Lipinski definition) is 3. The van der Waals surface area contributed by atoms with Gasteiger partial charge in [-0.1, -0.05) is 32.0 Å². The van der Waals surface area contributed by atoms with E-state index in [1.54, 1.807) is 4.90 Å². The number of rotatable bonds is 5. The minimum absolute atomic E-state index is 0. The first kappa shape index (κ1) is 22.6. The number of carbonyl (C=O) groups excluding carboxylic acids is 1. The van der Waals surface area contributed by atoms with Gasteiger partial charge in [-0.3, -0.25) is 9.78 Å². The van der Waals surface area contributed by atoms with Gasteiger partial charge in [0.05, 0.1) is 11.1 Å². The maximum Gasteiger partial charge on any atom is 0.255 e. The van der Waals surface area contributed by atoms with Gasteiger partial charge in [-0.05, 0) is 31.4 Å². The number of halogens is 2. The van der Waals surface area contributed by atoms with E-state index < -0.39 is 0 Å². The van der Waals surface area contributed by atoms with Gasteiger partial charge < -0.3 is 10.6 Å². The number of benzene rings is 1. The molecule has 1 heterocycles. The lowest BCUT2D eigenvalue weighted by molar-refractivity contribution is 0.0791. The van der Waals surface area contributed by atoms with Crippen molar-refractivity contribution in [3.05, 3.63) is 41.6 Å². The number of para-hydroxylation sites is 1. The summed E-state index contributed by atoms with van der Waals surface area (Å²) < 4.78 is 0. The SMILES string of the molecule is Cc1ccc2cccc(C(=O)N(C)CCC(N)C(C)C)c2n1.Cl.Cl. The predicted molar refractivity (Wildman–Crippen MR) is 105 cm³/mol. The minimum atomic E-state index is -0.000318. The van der Waals surface area contributed by atoms with Crippen LogP contribution in [0, 0.1) is 12.8 Å². The molecule has 0 spiro atoms. The van der Waals surface area contributed by atoms with Gasteiger partial charge in [0.2, 0.25) is 0 Å². The fraction of sp³-hybridized carbons (Fsp3) is 0.444. The summed E-state index contributed by atoms with van der Waals surface area (Å²) >= 11 is 0. The van der Waals surface area contributed by atoms with E-state index in [4.69, 9.17) is 5.73 Å². The lowest BCUT2D eigenvalue weighted by Gasteiger charge is -2.22. The molecule has 0 aliphatic carbocycles. The second-order valence-electron chi connectivity index (χ2n) is 6.25. The van der Waals surface area contributed by atoms with E-state index in [2.05, 4.69) is 18.8 Å². The van der Waals surface area contributed by atoms with E-state index in [0.29, 0.717) is 18.0 Å². The van der Waals surface area contributed by atoms with Crippen LogP contribution >= 0.6 is 24.8 Å². The Bertz CT molecular complexity index is 676. The molecule has 1 atom stereocenters. The van der Waals surface area contributed by atoms with Crippen molar-refractivity contribution in [3.8, 4) is 0 Å². The highest BCUT2D eigenvalue weighted by atomic mass is 35.5. The van der Waals surface area contributed by atoms with Crippen molar-refractivity contribution >= 4 is 41.6 Å². The zero-order valence-electron chi connectivity index (χ0n) is 14.7. The Morgan fingerprint density at radius 3 is 2.50 bits per heavy atom. The van der Waals surface area contributed by atoms with E-state index in [1.807, 2.05) is 44.3 Å². The van der Waals surface area contributed by atoms with Crippen LogP contribution in [0.2, 0.25) is 0 Å². The van der Waals surface area contributed by atoms with Gasteiger partial charge in [0.15, 0.2) is 0 Å². The molecule has 0 saturated carbocycles. The number of nitrogens with zero attached hydrogens (tertiary/aromatic N) is 2. The number of pyridine rings is 1. The van der Waals surface area contributed by atoms with Crippen LogP contribution < -0.4 is 5.73 Å². The van der Waals surface area contributed by atoms with E-state index >= 15 is 0 Å². The first-order valence-corrected chi connectivity index (χ1v) is 7.77. The first-order valence-electron chi connectivity index (χ1n) is 7.77. The molecule has 0 aliphatic rings. The molecule has 134 valence electrons. The van der Waals surface area contributed by atoms with Gasteiger partial charge in [0.25, 0.3) is 5.91 Å². The number of fused-ring (bicyclic) bond motifs is 1. The van der Waals surface area contributed by atoms with Gasteiger partial charge >= 0.3 is 0 Å². The average Bonchev–Trinajstić information content (AvgIpc) is 2.50. The van der Waals surface area contributed by atoms with Crippen molar-refractivity contribution in [2.24, 2.45) is 11.7 Å². The van der Waals surface area contributed by atoms with Crippen LogP contribution in [-0.4, -0.2) is 35.4 Å². The van der Waals surface area contributed by atoms with Crippen molar-refractivity contribution in [2.75, 3.05) is 13.6 Å². The summed E-state index contributed by atoms with van der Waals surface area (Å²) in [6.45, 7) is 6.79. The highest BCUT2D eigenvalue weighted by molar-refractivity contribution is 6.05. The maximum absolute atomic E-state index is 12.7. The Balaban J connectivity index is 0.00000264. The lowest BCUT2D eigenvalue weighted by atomic mass is 10.0. The number of aromatic nitrogens is 1. The number of carbonyl (C=O) groups is 1. The molecule has 0 saturated heterocycles. The maximum atomic E-state index is 12.7. The summed E-state index contributed by atoms with van der Waals surface area (Å²) in [6, 6.07) is 9.80. The number of hydrogen-bond donors (Lipinski definition) is 1. The predicted octanol–water partition coefficient (Wildman–Crippen LogP) is 3.83. The van der Waals surface area contributed by atoms with Gasteiger partial charge in [0, 0.05) is 30.7 Å². The van der Waals surface area contributed by atoms with Crippen LogP contribution in [0.25, 0.3) is 10.9 Å². The van der Waals surface area contributed by atoms with Crippen molar-refractivity contribution in [2.45, 2.75) is 33.2 Å². The fourth-order valence-corrected chi connectivity index (χ4v) is 2.40. The summed E-state index contributed by atoms with van der Waals surface area (Å²) in [5.74, 6) is 0.421. The third kappa shape index (κ3) is 5.33. The van der Waals surface area contributed by atoms with Crippen LogP contribution in [0.3, 0.4) is 0 Å². The molecule has 0 bridgehead atoms. The molecule has 1 amide bonds. The molecule has 1 aromatic heterocycles. The van der Waals surface area contributed by atoms with Crippen LogP contribution in [0.4, 0.5) is 0 Å². The van der Waals surface area contributed by atoms with Crippen molar-refractivity contribution < 1.29 is 4.79 Å². The van der Waals surface area contributed by atoms with Gasteiger partial charge in [0.1, 0.15) is 0 Å². The van der Waals surface area contributed by atoms with Crippen molar-refractivity contribution in [1.29, 1.82) is 0 Å². The zero-order chi connectivity index (χ0) is 16.3. The molecule has 1 aromatic carbocycles. The summed E-state index contributed by atoms with van der Waals surface area (Å²) in [5.41, 5.74) is 8.40. The topological polar surface area (TPSA) is 59.2 Å². The summed E-state index contributed by atoms with van der Waals surface area (Å²) in [7, 11) is 1.82. The Morgan fingerprint density at radius 2 is 1.88 bits per heavy atom. The molecular formula is C18H27Cl2N3O. The summed E-state index contributed by atoms with van der Waals surface area (Å²) in [5, 5.41) is 0.990. The van der Waals surface area contributed by atoms with Gasteiger partial charge in [-0.25, -0.2) is 0 Å². The minimum Gasteiger partial charge on any atom is -0.342 e. The Labute approximate surface area is 156 Å². The molecule has 6 heteroatoms. The Morgan fingerprint density at radius 1 is 1.21 bits per heavy atom. The molecule has 24 heavy (non-hydrogen) atoms. The quantitative estimate of drug-likeness (QED) is 0.868. The summed E-state index contributed by atoms with van der Waals surface area (Å²) in [4.78, 5) is 19.0. The average molecular weight is 372 g/mol. The van der Waals surface area contributed by atoms with E-state index in [0.717, 1.165) is 23.0 Å². The molecule has 4 nitrogen and oxygen atoms in total. The molecule has 0 fully saturated rings. The molecule has 2 rings (SSSR count). The zero-order valence-corrected chi connectivity index (χ0v) is 16.3. The van der Waals surface area contributed by atoms with Crippen LogP contribution in [-0.2, 0) is 0 Å². The monoisotopic (exact) mass is 371 g/mol. The number of aryl methyl sites for hydroxylation is 1. The Kier molecular flexibility index (Phi) is 9.26. The van der Waals surface area contributed by atoms with E-state index in [-0.39, 0.29) is 36.8 Å². The van der Waals surface area contributed by atoms with Crippen LogP contribution in [0.5, 0.6) is 0 Å². The van der Waals surface area contributed by atoms with Crippen molar-refractivity contribution in [3.63, 3.8) is 0 Å². The van der Waals surface area contributed by atoms with Gasteiger partial charge in [-0.2, -0.15) is 0 Å². The molecule has 0 aliphatic heterocycles. The van der Waals surface area contributed by atoms with Crippen LogP contribution in [0.15, 0.2) is 30.3 Å². The van der Waals surface area contributed by atoms with E-state index in [9.17, 15) is 4.79 Å². The second kappa shape index (κ2) is 9.82. The van der Waals surface area contributed by atoms with Gasteiger partial charge in [-0.15, -0.1) is 24.8 Å². The molecule has 1 unspecified atom stereocenters. The molecular weight excluding hydrogens is 345 g/mol. The third-order valence-electron chi connectivity index (χ3n) is 4.09. The third-order valence-corrected chi connectivity index (χ3v) is 4.09. The molecule has 2 N–H and O–H groups in total. The lowest BCUT2D eigenvalue weighted by Crippen LogP contribution is -2.34. The first-order chi connectivity index (χ1) is 10.4. The van der Waals surface area contributed by atoms with E-state index in [1.165, 1.54) is 0 Å². The standard InChI is InChI=1S/C18H25N3O.2ClH/c1-12(2)16(19)10-11-21(4)18(22)15-7-5-6-14-9-8-13(3)20-17(14)15;;/h5-9,12,16H,10-11,19H2,1-4H3;2*1H.